The molecule has 0 saturated carbocycles. The fourth-order valence-corrected chi connectivity index (χ4v) is 3.12. The molecule has 1 aromatic heterocycles. The Bertz CT molecular complexity index is 430. The van der Waals surface area contributed by atoms with Crippen molar-refractivity contribution in [2.75, 3.05) is 6.61 Å². The summed E-state index contributed by atoms with van der Waals surface area (Å²) in [6.45, 7) is 1.92. The number of fused-ring (bicyclic) bond motifs is 1. The lowest BCUT2D eigenvalue weighted by Crippen LogP contribution is -2.21. The highest BCUT2D eigenvalue weighted by Crippen LogP contribution is 2.23. The van der Waals surface area contributed by atoms with Gasteiger partial charge in [0, 0.05) is 37.0 Å². The standard InChI is InChI=1S/C15H21NO2/c17-15-6-3-5-14-13(15)8-10-16(14)9-7-12-4-1-2-11-18-12/h8,10,12H,1-7,9,11H2. The van der Waals surface area contributed by atoms with Gasteiger partial charge in [-0.05, 0) is 44.6 Å². The van der Waals surface area contributed by atoms with Crippen LogP contribution in [0.2, 0.25) is 0 Å². The minimum Gasteiger partial charge on any atom is -0.378 e. The van der Waals surface area contributed by atoms with Gasteiger partial charge in [-0.15, -0.1) is 0 Å². The van der Waals surface area contributed by atoms with E-state index in [2.05, 4.69) is 10.8 Å². The largest absolute Gasteiger partial charge is 0.378 e. The highest BCUT2D eigenvalue weighted by molar-refractivity contribution is 5.98. The topological polar surface area (TPSA) is 31.2 Å². The first-order valence-corrected chi connectivity index (χ1v) is 7.17. The number of aromatic nitrogens is 1. The summed E-state index contributed by atoms with van der Waals surface area (Å²) < 4.78 is 8.03. The lowest BCUT2D eigenvalue weighted by Gasteiger charge is -2.23. The van der Waals surface area contributed by atoms with Gasteiger partial charge in [-0.25, -0.2) is 0 Å². The molecule has 0 N–H and O–H groups in total. The van der Waals surface area contributed by atoms with Gasteiger partial charge < -0.3 is 9.30 Å². The molecule has 3 nitrogen and oxygen atoms in total. The maximum absolute atomic E-state index is 11.8. The molecular formula is C15H21NO2. The van der Waals surface area contributed by atoms with Crippen LogP contribution >= 0.6 is 0 Å². The monoisotopic (exact) mass is 247 g/mol. The lowest BCUT2D eigenvalue weighted by atomic mass is 9.96. The molecule has 0 aromatic carbocycles. The number of carbonyl (C=O) groups is 1. The van der Waals surface area contributed by atoms with E-state index < -0.39 is 0 Å². The Morgan fingerprint density at radius 1 is 1.28 bits per heavy atom. The average Bonchev–Trinajstić information content (AvgIpc) is 2.82. The van der Waals surface area contributed by atoms with E-state index in [1.807, 2.05) is 6.07 Å². The fourth-order valence-electron chi connectivity index (χ4n) is 3.12. The van der Waals surface area contributed by atoms with E-state index in [9.17, 15) is 4.79 Å². The fraction of sp³-hybridized carbons (Fsp3) is 0.667. The molecule has 98 valence electrons. The quantitative estimate of drug-likeness (QED) is 0.822. The van der Waals surface area contributed by atoms with Crippen LogP contribution in [0.1, 0.15) is 54.6 Å². The number of Topliss-reactive ketones (excluding diaryl/α,β-unsaturated/α-hetero) is 1. The van der Waals surface area contributed by atoms with Crippen LogP contribution in [0.5, 0.6) is 0 Å². The molecule has 1 aromatic rings. The van der Waals surface area contributed by atoms with Gasteiger partial charge in [0.2, 0.25) is 0 Å². The number of rotatable bonds is 3. The molecule has 1 fully saturated rings. The zero-order chi connectivity index (χ0) is 12.4. The molecule has 1 aliphatic carbocycles. The van der Waals surface area contributed by atoms with Crippen molar-refractivity contribution >= 4 is 5.78 Å². The van der Waals surface area contributed by atoms with Crippen LogP contribution in [0.15, 0.2) is 12.3 Å². The molecule has 1 atom stereocenters. The van der Waals surface area contributed by atoms with Crippen molar-refractivity contribution in [2.45, 2.75) is 57.6 Å². The Hall–Kier alpha value is -1.09. The van der Waals surface area contributed by atoms with E-state index in [4.69, 9.17) is 4.74 Å². The number of hydrogen-bond donors (Lipinski definition) is 0. The minimum atomic E-state index is 0.323. The van der Waals surface area contributed by atoms with E-state index >= 15 is 0 Å². The SMILES string of the molecule is O=C1CCCc2c1ccn2CCC1CCCCO1. The minimum absolute atomic E-state index is 0.323. The second kappa shape index (κ2) is 5.27. The summed E-state index contributed by atoms with van der Waals surface area (Å²) in [7, 11) is 0. The van der Waals surface area contributed by atoms with E-state index in [1.165, 1.54) is 25.0 Å². The highest BCUT2D eigenvalue weighted by Gasteiger charge is 2.21. The van der Waals surface area contributed by atoms with Gasteiger partial charge in [-0.1, -0.05) is 0 Å². The first kappa shape index (κ1) is 12.0. The summed E-state index contributed by atoms with van der Waals surface area (Å²) in [5.74, 6) is 0.323. The summed E-state index contributed by atoms with van der Waals surface area (Å²) in [5.41, 5.74) is 2.22. The van der Waals surface area contributed by atoms with Crippen molar-refractivity contribution in [1.82, 2.24) is 4.57 Å². The van der Waals surface area contributed by atoms with Crippen molar-refractivity contribution in [2.24, 2.45) is 0 Å². The van der Waals surface area contributed by atoms with Crippen molar-refractivity contribution in [3.05, 3.63) is 23.5 Å². The Balaban J connectivity index is 1.64. The number of aryl methyl sites for hydroxylation is 1. The van der Waals surface area contributed by atoms with Crippen LogP contribution in [-0.2, 0) is 17.7 Å². The third-order valence-corrected chi connectivity index (χ3v) is 4.16. The predicted octanol–water partition coefficient (Wildman–Crippen LogP) is 2.97. The first-order valence-electron chi connectivity index (χ1n) is 7.17. The van der Waals surface area contributed by atoms with Gasteiger partial charge in [-0.2, -0.15) is 0 Å². The second-order valence-electron chi connectivity index (χ2n) is 5.42. The van der Waals surface area contributed by atoms with Gasteiger partial charge in [0.25, 0.3) is 0 Å². The number of ketones is 1. The van der Waals surface area contributed by atoms with Gasteiger partial charge in [-0.3, -0.25) is 4.79 Å². The molecule has 2 aliphatic rings. The normalized spacial score (nSPS) is 24.0. The average molecular weight is 247 g/mol. The number of nitrogens with zero attached hydrogens (tertiary/aromatic N) is 1. The van der Waals surface area contributed by atoms with Crippen LogP contribution in [0.4, 0.5) is 0 Å². The molecule has 1 unspecified atom stereocenters. The molecule has 0 spiro atoms. The first-order chi connectivity index (χ1) is 8.84. The van der Waals surface area contributed by atoms with Gasteiger partial charge in [0.1, 0.15) is 0 Å². The summed E-state index contributed by atoms with van der Waals surface area (Å²) in [4.78, 5) is 11.8. The summed E-state index contributed by atoms with van der Waals surface area (Å²) >= 11 is 0. The number of ether oxygens (including phenoxy) is 1. The van der Waals surface area contributed by atoms with Crippen LogP contribution in [0.25, 0.3) is 0 Å². The molecule has 0 bridgehead atoms. The van der Waals surface area contributed by atoms with Crippen molar-refractivity contribution < 1.29 is 9.53 Å². The van der Waals surface area contributed by atoms with Crippen LogP contribution < -0.4 is 0 Å². The Morgan fingerprint density at radius 2 is 2.22 bits per heavy atom. The smallest absolute Gasteiger partial charge is 0.164 e. The third kappa shape index (κ3) is 2.37. The molecule has 3 heteroatoms. The van der Waals surface area contributed by atoms with Crippen molar-refractivity contribution in [1.29, 1.82) is 0 Å². The van der Waals surface area contributed by atoms with Crippen LogP contribution in [-0.4, -0.2) is 23.1 Å². The third-order valence-electron chi connectivity index (χ3n) is 4.16. The van der Waals surface area contributed by atoms with Crippen molar-refractivity contribution in [3.8, 4) is 0 Å². The molecule has 0 radical (unpaired) electrons. The molecule has 2 heterocycles. The van der Waals surface area contributed by atoms with E-state index in [1.54, 1.807) is 0 Å². The summed E-state index contributed by atoms with van der Waals surface area (Å²) in [6.07, 6.45) is 10.1. The maximum atomic E-state index is 11.8. The molecule has 1 saturated heterocycles. The Morgan fingerprint density at radius 3 is 3.06 bits per heavy atom. The van der Waals surface area contributed by atoms with Crippen molar-refractivity contribution in [3.63, 3.8) is 0 Å². The molecule has 3 rings (SSSR count). The molecular weight excluding hydrogens is 226 g/mol. The van der Waals surface area contributed by atoms with E-state index in [0.29, 0.717) is 11.9 Å². The predicted molar refractivity (Wildman–Crippen MR) is 69.9 cm³/mol. The highest BCUT2D eigenvalue weighted by atomic mass is 16.5. The summed E-state index contributed by atoms with van der Waals surface area (Å²) in [6, 6.07) is 2.00. The second-order valence-corrected chi connectivity index (χ2v) is 5.42. The molecule has 0 amide bonds. The summed E-state index contributed by atoms with van der Waals surface area (Å²) in [5, 5.41) is 0. The number of carbonyl (C=O) groups excluding carboxylic acids is 1. The zero-order valence-corrected chi connectivity index (χ0v) is 10.9. The Labute approximate surface area is 108 Å². The van der Waals surface area contributed by atoms with Gasteiger partial charge in [0.05, 0.1) is 6.10 Å². The lowest BCUT2D eigenvalue weighted by molar-refractivity contribution is 0.00871. The van der Waals surface area contributed by atoms with Crippen LogP contribution in [0.3, 0.4) is 0 Å². The van der Waals surface area contributed by atoms with E-state index in [0.717, 1.165) is 44.4 Å². The molecule has 18 heavy (non-hydrogen) atoms. The zero-order valence-electron chi connectivity index (χ0n) is 10.9. The number of hydrogen-bond acceptors (Lipinski definition) is 2. The molecule has 1 aliphatic heterocycles. The van der Waals surface area contributed by atoms with Gasteiger partial charge >= 0.3 is 0 Å². The maximum Gasteiger partial charge on any atom is 0.164 e. The Kier molecular flexibility index (Phi) is 3.50. The van der Waals surface area contributed by atoms with Gasteiger partial charge in [0.15, 0.2) is 5.78 Å². The van der Waals surface area contributed by atoms with E-state index in [-0.39, 0.29) is 0 Å². The van der Waals surface area contributed by atoms with Crippen LogP contribution in [0, 0.1) is 0 Å².